The van der Waals surface area contributed by atoms with Crippen molar-refractivity contribution in [1.29, 1.82) is 0 Å². The van der Waals surface area contributed by atoms with Crippen LogP contribution >= 0.6 is 0 Å². The smallest absolute Gasteiger partial charge is 0.119 e. The van der Waals surface area contributed by atoms with Crippen molar-refractivity contribution in [3.05, 3.63) is 95.6 Å². The number of nitrogens with two attached hydrogens (primary N) is 1. The van der Waals surface area contributed by atoms with E-state index in [1.54, 1.807) is 12.1 Å². The third-order valence-corrected chi connectivity index (χ3v) is 5.41. The van der Waals surface area contributed by atoms with Crippen LogP contribution in [0.3, 0.4) is 0 Å². The molecular formula is C27H32N2O3. The lowest BCUT2D eigenvalue weighted by Gasteiger charge is -2.18. The third-order valence-electron chi connectivity index (χ3n) is 5.41. The van der Waals surface area contributed by atoms with E-state index in [4.69, 9.17) is 10.6 Å². The first-order chi connectivity index (χ1) is 15.6. The molecule has 0 aliphatic carbocycles. The number of rotatable bonds is 11. The highest BCUT2D eigenvalue weighted by molar-refractivity contribution is 5.98. The van der Waals surface area contributed by atoms with Crippen molar-refractivity contribution in [3.8, 4) is 11.5 Å². The molecule has 3 rings (SSSR count). The number of hydrogen-bond acceptors (Lipinski definition) is 5. The van der Waals surface area contributed by atoms with Crippen LogP contribution in [0.15, 0.2) is 78.9 Å². The lowest BCUT2D eigenvalue weighted by atomic mass is 9.88. The second kappa shape index (κ2) is 12.1. The molecule has 3 N–H and O–H groups in total. The molecule has 0 atom stereocenters. The molecule has 0 amide bonds. The molecule has 5 heteroatoms. The molecule has 0 heterocycles. The van der Waals surface area contributed by atoms with Gasteiger partial charge in [0.25, 0.3) is 0 Å². The van der Waals surface area contributed by atoms with Crippen molar-refractivity contribution < 1.29 is 14.7 Å². The van der Waals surface area contributed by atoms with Crippen LogP contribution in [0.25, 0.3) is 11.1 Å². The Morgan fingerprint density at radius 2 is 1.41 bits per heavy atom. The van der Waals surface area contributed by atoms with Crippen molar-refractivity contribution >= 4 is 11.1 Å². The molecule has 0 saturated carbocycles. The van der Waals surface area contributed by atoms with Gasteiger partial charge in [0, 0.05) is 13.1 Å². The van der Waals surface area contributed by atoms with E-state index in [2.05, 4.69) is 53.1 Å². The predicted octanol–water partition coefficient (Wildman–Crippen LogP) is 4.96. The highest BCUT2D eigenvalue weighted by atomic mass is 16.6. The standard InChI is InChI=1S/C27H32N2O3/c1-3-26(21-7-5-4-6-8-21)27(22-9-13-24(30)14-10-22)23-11-15-25(16-12-23)31-19-17-29(2)18-20-32-28/h4-16,30H,3,17-20,28H2,1-2H3. The first kappa shape index (κ1) is 23.5. The summed E-state index contributed by atoms with van der Waals surface area (Å²) in [5.41, 5.74) is 5.80. The van der Waals surface area contributed by atoms with Crippen LogP contribution in [0.2, 0.25) is 0 Å². The van der Waals surface area contributed by atoms with Crippen molar-refractivity contribution in [3.63, 3.8) is 0 Å². The molecule has 5 nitrogen and oxygen atoms in total. The Morgan fingerprint density at radius 3 is 2.00 bits per heavy atom. The Hall–Kier alpha value is -3.12. The number of likely N-dealkylation sites (N-methyl/N-ethyl adjacent to an activating group) is 1. The van der Waals surface area contributed by atoms with E-state index >= 15 is 0 Å². The SMILES string of the molecule is CCC(=C(c1ccc(O)cc1)c1ccc(OCCN(C)CCON)cc1)c1ccccc1. The summed E-state index contributed by atoms with van der Waals surface area (Å²) in [4.78, 5) is 6.73. The fourth-order valence-corrected chi connectivity index (χ4v) is 3.67. The van der Waals surface area contributed by atoms with Crippen LogP contribution in [0.1, 0.15) is 30.0 Å². The van der Waals surface area contributed by atoms with E-state index in [1.165, 1.54) is 11.1 Å². The third kappa shape index (κ3) is 6.44. The second-order valence-corrected chi connectivity index (χ2v) is 7.67. The molecule has 0 spiro atoms. The first-order valence-corrected chi connectivity index (χ1v) is 10.9. The number of phenolic OH excluding ortho intramolecular Hbond substituents is 1. The Labute approximate surface area is 190 Å². The molecule has 0 aliphatic heterocycles. The summed E-state index contributed by atoms with van der Waals surface area (Å²) in [6.07, 6.45) is 0.886. The lowest BCUT2D eigenvalue weighted by molar-refractivity contribution is 0.108. The Morgan fingerprint density at radius 1 is 0.812 bits per heavy atom. The van der Waals surface area contributed by atoms with Crippen molar-refractivity contribution in [2.45, 2.75) is 13.3 Å². The van der Waals surface area contributed by atoms with E-state index in [-0.39, 0.29) is 5.75 Å². The van der Waals surface area contributed by atoms with E-state index in [1.807, 2.05) is 37.4 Å². The van der Waals surface area contributed by atoms with Crippen LogP contribution in [0.5, 0.6) is 11.5 Å². The van der Waals surface area contributed by atoms with Crippen LogP contribution in [0, 0.1) is 0 Å². The highest BCUT2D eigenvalue weighted by Gasteiger charge is 2.13. The Bertz CT molecular complexity index is 984. The number of allylic oxidation sites excluding steroid dienone is 1. The summed E-state index contributed by atoms with van der Waals surface area (Å²) in [6, 6.07) is 26.1. The van der Waals surface area contributed by atoms with Crippen LogP contribution in [-0.4, -0.2) is 43.4 Å². The molecule has 168 valence electrons. The molecule has 0 unspecified atom stereocenters. The predicted molar refractivity (Wildman–Crippen MR) is 130 cm³/mol. The summed E-state index contributed by atoms with van der Waals surface area (Å²) in [7, 11) is 2.01. The molecule has 0 saturated heterocycles. The average molecular weight is 433 g/mol. The summed E-state index contributed by atoms with van der Waals surface area (Å²) < 4.78 is 5.92. The van der Waals surface area contributed by atoms with E-state index < -0.39 is 0 Å². The maximum Gasteiger partial charge on any atom is 0.119 e. The minimum absolute atomic E-state index is 0.262. The van der Waals surface area contributed by atoms with Gasteiger partial charge in [-0.1, -0.05) is 61.5 Å². The fourth-order valence-electron chi connectivity index (χ4n) is 3.67. The minimum Gasteiger partial charge on any atom is -0.508 e. The van der Waals surface area contributed by atoms with Gasteiger partial charge >= 0.3 is 0 Å². The van der Waals surface area contributed by atoms with Gasteiger partial charge in [0.05, 0.1) is 6.61 Å². The zero-order valence-corrected chi connectivity index (χ0v) is 18.8. The van der Waals surface area contributed by atoms with Gasteiger partial charge < -0.3 is 19.6 Å². The monoisotopic (exact) mass is 432 g/mol. The van der Waals surface area contributed by atoms with Crippen molar-refractivity contribution in [2.75, 3.05) is 33.4 Å². The molecule has 3 aromatic carbocycles. The summed E-state index contributed by atoms with van der Waals surface area (Å²) in [5.74, 6) is 6.17. The number of phenols is 1. The number of benzene rings is 3. The van der Waals surface area contributed by atoms with Gasteiger partial charge in [-0.2, -0.15) is 0 Å². The molecular weight excluding hydrogens is 400 g/mol. The second-order valence-electron chi connectivity index (χ2n) is 7.67. The fraction of sp³-hybridized carbons (Fsp3) is 0.259. The average Bonchev–Trinajstić information content (AvgIpc) is 2.83. The van der Waals surface area contributed by atoms with E-state index in [0.717, 1.165) is 42.0 Å². The number of aromatic hydroxyl groups is 1. The quantitative estimate of drug-likeness (QED) is 0.331. The normalized spacial score (nSPS) is 12.0. The molecule has 0 bridgehead atoms. The molecule has 0 radical (unpaired) electrons. The van der Waals surface area contributed by atoms with Crippen molar-refractivity contribution in [1.82, 2.24) is 4.90 Å². The molecule has 3 aromatic rings. The van der Waals surface area contributed by atoms with Gasteiger partial charge in [-0.3, -0.25) is 0 Å². The highest BCUT2D eigenvalue weighted by Crippen LogP contribution is 2.35. The van der Waals surface area contributed by atoms with Gasteiger partial charge in [-0.05, 0) is 65.6 Å². The number of hydrogen-bond donors (Lipinski definition) is 2. The minimum atomic E-state index is 0.262. The summed E-state index contributed by atoms with van der Waals surface area (Å²) >= 11 is 0. The lowest BCUT2D eigenvalue weighted by Crippen LogP contribution is -2.28. The van der Waals surface area contributed by atoms with E-state index in [9.17, 15) is 5.11 Å². The summed E-state index contributed by atoms with van der Waals surface area (Å²) in [5, 5.41) is 9.78. The van der Waals surface area contributed by atoms with E-state index in [0.29, 0.717) is 13.2 Å². The summed E-state index contributed by atoms with van der Waals surface area (Å²) in [6.45, 7) is 4.81. The molecule has 32 heavy (non-hydrogen) atoms. The Balaban J connectivity index is 1.86. The Kier molecular flexibility index (Phi) is 8.87. The maximum atomic E-state index is 9.78. The zero-order valence-electron chi connectivity index (χ0n) is 18.8. The van der Waals surface area contributed by atoms with Crippen LogP contribution < -0.4 is 10.6 Å². The van der Waals surface area contributed by atoms with Crippen molar-refractivity contribution in [2.24, 2.45) is 5.90 Å². The van der Waals surface area contributed by atoms with Crippen LogP contribution in [-0.2, 0) is 4.84 Å². The largest absolute Gasteiger partial charge is 0.508 e. The molecule has 0 aromatic heterocycles. The van der Waals surface area contributed by atoms with Crippen LogP contribution in [0.4, 0.5) is 0 Å². The molecule has 0 aliphatic rings. The zero-order chi connectivity index (χ0) is 22.8. The topological polar surface area (TPSA) is 68.0 Å². The van der Waals surface area contributed by atoms with Gasteiger partial charge in [-0.25, -0.2) is 5.90 Å². The molecule has 0 fully saturated rings. The first-order valence-electron chi connectivity index (χ1n) is 10.9. The van der Waals surface area contributed by atoms with Gasteiger partial charge in [-0.15, -0.1) is 0 Å². The van der Waals surface area contributed by atoms with Gasteiger partial charge in [0.15, 0.2) is 0 Å². The van der Waals surface area contributed by atoms with Gasteiger partial charge in [0.1, 0.15) is 18.1 Å². The maximum absolute atomic E-state index is 9.78. The van der Waals surface area contributed by atoms with Gasteiger partial charge in [0.2, 0.25) is 0 Å². The number of ether oxygens (including phenoxy) is 1. The number of nitrogens with zero attached hydrogens (tertiary/aromatic N) is 1.